The number of anilines is 2. The van der Waals surface area contributed by atoms with Gasteiger partial charge in [0.2, 0.25) is 0 Å². The SMILES string of the molecule is CCc1cccc(CC)c1NC(=O)COc1ccc(S(=O)(=O)Nc2ccc(F)cc2)cc1Cl. The van der Waals surface area contributed by atoms with Crippen LogP contribution in [-0.2, 0) is 27.7 Å². The minimum absolute atomic E-state index is 0.0352. The summed E-state index contributed by atoms with van der Waals surface area (Å²) >= 11 is 6.20. The third kappa shape index (κ3) is 6.24. The monoisotopic (exact) mass is 490 g/mol. The van der Waals surface area contributed by atoms with Gasteiger partial charge in [-0.25, -0.2) is 12.8 Å². The molecule has 6 nitrogen and oxygen atoms in total. The fourth-order valence-electron chi connectivity index (χ4n) is 3.22. The minimum Gasteiger partial charge on any atom is -0.482 e. The van der Waals surface area contributed by atoms with Gasteiger partial charge in [-0.1, -0.05) is 43.6 Å². The van der Waals surface area contributed by atoms with Crippen molar-refractivity contribution in [2.24, 2.45) is 0 Å². The number of hydrogen-bond donors (Lipinski definition) is 2. The number of halogens is 2. The quantitative estimate of drug-likeness (QED) is 0.419. The zero-order valence-electron chi connectivity index (χ0n) is 18.2. The van der Waals surface area contributed by atoms with Gasteiger partial charge in [0.15, 0.2) is 6.61 Å². The molecule has 3 rings (SSSR count). The molecule has 3 aromatic carbocycles. The maximum absolute atomic E-state index is 13.0. The van der Waals surface area contributed by atoms with E-state index in [1.807, 2.05) is 32.0 Å². The van der Waals surface area contributed by atoms with Gasteiger partial charge in [0, 0.05) is 11.4 Å². The van der Waals surface area contributed by atoms with Gasteiger partial charge in [-0.2, -0.15) is 0 Å². The molecule has 9 heteroatoms. The van der Waals surface area contributed by atoms with Gasteiger partial charge in [-0.15, -0.1) is 0 Å². The molecule has 33 heavy (non-hydrogen) atoms. The van der Waals surface area contributed by atoms with Crippen molar-refractivity contribution in [2.75, 3.05) is 16.6 Å². The largest absolute Gasteiger partial charge is 0.482 e. The summed E-state index contributed by atoms with van der Waals surface area (Å²) in [4.78, 5) is 12.4. The predicted octanol–water partition coefficient (Wildman–Crippen LogP) is 5.42. The number of benzene rings is 3. The van der Waals surface area contributed by atoms with Crippen LogP contribution in [0.25, 0.3) is 0 Å². The summed E-state index contributed by atoms with van der Waals surface area (Å²) in [6, 6.07) is 14.7. The fourth-order valence-corrected chi connectivity index (χ4v) is 4.60. The predicted molar refractivity (Wildman–Crippen MR) is 128 cm³/mol. The van der Waals surface area contributed by atoms with E-state index in [1.165, 1.54) is 30.3 Å². The zero-order chi connectivity index (χ0) is 24.0. The summed E-state index contributed by atoms with van der Waals surface area (Å²) < 4.78 is 46.0. The highest BCUT2D eigenvalue weighted by Crippen LogP contribution is 2.29. The van der Waals surface area contributed by atoms with Crippen LogP contribution in [0.15, 0.2) is 65.6 Å². The first-order valence-electron chi connectivity index (χ1n) is 10.3. The van der Waals surface area contributed by atoms with E-state index in [-0.39, 0.29) is 33.9 Å². The van der Waals surface area contributed by atoms with Gasteiger partial charge in [0.1, 0.15) is 11.6 Å². The van der Waals surface area contributed by atoms with E-state index < -0.39 is 15.8 Å². The Morgan fingerprint density at radius 1 is 1.00 bits per heavy atom. The van der Waals surface area contributed by atoms with Crippen LogP contribution >= 0.6 is 11.6 Å². The molecule has 1 amide bonds. The number of para-hydroxylation sites is 1. The molecule has 0 unspecified atom stereocenters. The van der Waals surface area contributed by atoms with Crippen LogP contribution in [0.5, 0.6) is 5.75 Å². The Morgan fingerprint density at radius 3 is 2.21 bits per heavy atom. The molecule has 0 bridgehead atoms. The van der Waals surface area contributed by atoms with Crippen LogP contribution in [-0.4, -0.2) is 20.9 Å². The maximum Gasteiger partial charge on any atom is 0.262 e. The van der Waals surface area contributed by atoms with Crippen molar-refractivity contribution >= 4 is 38.9 Å². The molecule has 0 atom stereocenters. The number of sulfonamides is 1. The van der Waals surface area contributed by atoms with Gasteiger partial charge in [-0.05, 0) is 66.4 Å². The third-order valence-electron chi connectivity index (χ3n) is 4.93. The van der Waals surface area contributed by atoms with Crippen molar-refractivity contribution < 1.29 is 22.3 Å². The fraction of sp³-hybridized carbons (Fsp3) is 0.208. The molecular weight excluding hydrogens is 467 g/mol. The first kappa shape index (κ1) is 24.5. The molecule has 0 radical (unpaired) electrons. The lowest BCUT2D eigenvalue weighted by molar-refractivity contribution is -0.118. The summed E-state index contributed by atoms with van der Waals surface area (Å²) in [5, 5.41) is 2.93. The Bertz CT molecular complexity index is 1230. The Balaban J connectivity index is 1.67. The Kier molecular flexibility index (Phi) is 7.94. The van der Waals surface area contributed by atoms with E-state index in [0.717, 1.165) is 41.8 Å². The third-order valence-corrected chi connectivity index (χ3v) is 6.61. The molecule has 0 spiro atoms. The normalized spacial score (nSPS) is 11.2. The van der Waals surface area contributed by atoms with Crippen LogP contribution in [0.3, 0.4) is 0 Å². The van der Waals surface area contributed by atoms with Gasteiger partial charge < -0.3 is 10.1 Å². The van der Waals surface area contributed by atoms with E-state index in [0.29, 0.717) is 0 Å². The first-order chi connectivity index (χ1) is 15.7. The van der Waals surface area contributed by atoms with Crippen molar-refractivity contribution in [3.8, 4) is 5.75 Å². The number of carbonyl (C=O) groups is 1. The van der Waals surface area contributed by atoms with E-state index in [4.69, 9.17) is 16.3 Å². The number of hydrogen-bond acceptors (Lipinski definition) is 4. The summed E-state index contributed by atoms with van der Waals surface area (Å²) in [5.41, 5.74) is 3.06. The highest BCUT2D eigenvalue weighted by Gasteiger charge is 2.17. The number of amides is 1. The molecule has 0 aromatic heterocycles. The van der Waals surface area contributed by atoms with Gasteiger partial charge in [0.25, 0.3) is 15.9 Å². The van der Waals surface area contributed by atoms with E-state index in [2.05, 4.69) is 10.0 Å². The van der Waals surface area contributed by atoms with Crippen molar-refractivity contribution in [3.05, 3.63) is 82.6 Å². The lowest BCUT2D eigenvalue weighted by Crippen LogP contribution is -2.22. The van der Waals surface area contributed by atoms with Crippen LogP contribution < -0.4 is 14.8 Å². The average molecular weight is 491 g/mol. The van der Waals surface area contributed by atoms with Crippen LogP contribution in [0.1, 0.15) is 25.0 Å². The Labute approximate surface area is 197 Å². The number of ether oxygens (including phenoxy) is 1. The summed E-state index contributed by atoms with van der Waals surface area (Å²) in [6.07, 6.45) is 1.55. The van der Waals surface area contributed by atoms with E-state index in [9.17, 15) is 17.6 Å². The number of nitrogens with one attached hydrogen (secondary N) is 2. The number of aryl methyl sites for hydroxylation is 2. The van der Waals surface area contributed by atoms with Crippen molar-refractivity contribution in [3.63, 3.8) is 0 Å². The standard InChI is InChI=1S/C24H24ClFN2O4S/c1-3-16-6-5-7-17(4-2)24(16)27-23(29)15-32-22-13-12-20(14-21(22)25)33(30,31)28-19-10-8-18(26)9-11-19/h5-14,28H,3-4,15H2,1-2H3,(H,27,29). The summed E-state index contributed by atoms with van der Waals surface area (Å²) in [7, 11) is -3.94. The van der Waals surface area contributed by atoms with Crippen molar-refractivity contribution in [2.45, 2.75) is 31.6 Å². The molecule has 0 saturated carbocycles. The molecule has 3 aromatic rings. The molecule has 0 fully saturated rings. The first-order valence-corrected chi connectivity index (χ1v) is 12.2. The maximum atomic E-state index is 13.0. The molecule has 174 valence electrons. The molecule has 0 aliphatic rings. The van der Waals surface area contributed by atoms with Crippen LogP contribution in [0, 0.1) is 5.82 Å². The second kappa shape index (κ2) is 10.7. The molecular formula is C24H24ClFN2O4S. The number of carbonyl (C=O) groups excluding carboxylic acids is 1. The average Bonchev–Trinajstić information content (AvgIpc) is 2.79. The van der Waals surface area contributed by atoms with Crippen LogP contribution in [0.4, 0.5) is 15.8 Å². The molecule has 0 saturated heterocycles. The van der Waals surface area contributed by atoms with Crippen molar-refractivity contribution in [1.82, 2.24) is 0 Å². The highest BCUT2D eigenvalue weighted by molar-refractivity contribution is 7.92. The Hall–Kier alpha value is -3.10. The van der Waals surface area contributed by atoms with Gasteiger partial charge >= 0.3 is 0 Å². The van der Waals surface area contributed by atoms with Crippen molar-refractivity contribution in [1.29, 1.82) is 0 Å². The van der Waals surface area contributed by atoms with E-state index >= 15 is 0 Å². The second-order valence-corrected chi connectivity index (χ2v) is 9.29. The van der Waals surface area contributed by atoms with E-state index in [1.54, 1.807) is 0 Å². The van der Waals surface area contributed by atoms with Gasteiger partial charge in [0.05, 0.1) is 9.92 Å². The summed E-state index contributed by atoms with van der Waals surface area (Å²) in [6.45, 7) is 3.74. The number of rotatable bonds is 9. The molecule has 0 aliphatic carbocycles. The lowest BCUT2D eigenvalue weighted by Gasteiger charge is -2.15. The second-order valence-electron chi connectivity index (χ2n) is 7.20. The summed E-state index contributed by atoms with van der Waals surface area (Å²) in [5.74, 6) is -0.654. The minimum atomic E-state index is -3.94. The van der Waals surface area contributed by atoms with Gasteiger partial charge in [-0.3, -0.25) is 9.52 Å². The molecule has 2 N–H and O–H groups in total. The topological polar surface area (TPSA) is 84.5 Å². The van der Waals surface area contributed by atoms with Crippen LogP contribution in [0.2, 0.25) is 5.02 Å². The highest BCUT2D eigenvalue weighted by atomic mass is 35.5. The lowest BCUT2D eigenvalue weighted by atomic mass is 10.0. The Morgan fingerprint density at radius 2 is 1.64 bits per heavy atom. The molecule has 0 heterocycles. The smallest absolute Gasteiger partial charge is 0.262 e. The zero-order valence-corrected chi connectivity index (χ0v) is 19.8. The molecule has 0 aliphatic heterocycles.